The van der Waals surface area contributed by atoms with E-state index < -0.39 is 48.0 Å². The summed E-state index contributed by atoms with van der Waals surface area (Å²) in [6, 6.07) is 4.18. The molecular formula is C41H63BrN8O14. The lowest BCUT2D eigenvalue weighted by Crippen LogP contribution is -2.49. The van der Waals surface area contributed by atoms with Crippen LogP contribution < -0.4 is 16.0 Å². The molecular weight excluding hydrogens is 908 g/mol. The van der Waals surface area contributed by atoms with Gasteiger partial charge in [-0.2, -0.15) is 0 Å². The molecule has 8 N–H and O–H groups in total. The first-order valence-corrected chi connectivity index (χ1v) is 22.0. The summed E-state index contributed by atoms with van der Waals surface area (Å²) in [6.45, 7) is 2.40. The number of nitrogens with one attached hydrogen (secondary N) is 3. The number of carboxylic acid groups (broad SMARTS) is 5. The Morgan fingerprint density at radius 2 is 1.14 bits per heavy atom. The van der Waals surface area contributed by atoms with E-state index in [0.717, 1.165) is 10.0 Å². The fraction of sp³-hybridized carbons (Fsp3) is 0.634. The van der Waals surface area contributed by atoms with Crippen LogP contribution in [0.2, 0.25) is 0 Å². The molecule has 0 saturated carbocycles. The monoisotopic (exact) mass is 970 g/mol. The van der Waals surface area contributed by atoms with E-state index in [1.165, 1.54) is 0 Å². The molecule has 4 amide bonds. The van der Waals surface area contributed by atoms with Crippen LogP contribution in [-0.2, 0) is 44.9 Å². The molecule has 1 aromatic rings. The number of carbonyl (C=O) groups excluding carboxylic acids is 4. The van der Waals surface area contributed by atoms with Crippen LogP contribution in [0.25, 0.3) is 0 Å². The molecule has 23 heteroatoms. The fourth-order valence-electron chi connectivity index (χ4n) is 6.84. The van der Waals surface area contributed by atoms with Crippen LogP contribution in [0, 0.1) is 0 Å². The van der Waals surface area contributed by atoms with E-state index in [1.54, 1.807) is 19.6 Å². The van der Waals surface area contributed by atoms with Gasteiger partial charge in [0, 0.05) is 89.3 Å². The highest BCUT2D eigenvalue weighted by molar-refractivity contribution is 9.10. The van der Waals surface area contributed by atoms with E-state index in [-0.39, 0.29) is 103 Å². The predicted octanol–water partition coefficient (Wildman–Crippen LogP) is 0.285. The van der Waals surface area contributed by atoms with Gasteiger partial charge in [0.05, 0.1) is 32.2 Å². The van der Waals surface area contributed by atoms with Crippen LogP contribution in [0.1, 0.15) is 63.4 Å². The Hall–Kier alpha value is -5.23. The average molecular weight is 972 g/mol. The lowest BCUT2D eigenvalue weighted by atomic mass is 10.1. The molecule has 0 spiro atoms. The molecule has 1 aromatic carbocycles. The number of carbonyl (C=O) groups is 9. The van der Waals surface area contributed by atoms with Crippen molar-refractivity contribution in [2.24, 2.45) is 0 Å². The van der Waals surface area contributed by atoms with Crippen molar-refractivity contribution in [1.29, 1.82) is 0 Å². The molecule has 0 radical (unpaired) electrons. The average Bonchev–Trinajstić information content (AvgIpc) is 3.22. The summed E-state index contributed by atoms with van der Waals surface area (Å²) in [7, 11) is 0. The second-order valence-electron chi connectivity index (χ2n) is 15.6. The largest absolute Gasteiger partial charge is 0.481 e. The molecule has 22 nitrogen and oxygen atoms in total. The molecule has 1 aliphatic heterocycles. The van der Waals surface area contributed by atoms with Gasteiger partial charge in [0.1, 0.15) is 12.3 Å². The number of rotatable bonds is 28. The van der Waals surface area contributed by atoms with E-state index in [1.807, 2.05) is 29.2 Å². The minimum absolute atomic E-state index is 0.0117. The van der Waals surface area contributed by atoms with E-state index in [2.05, 4.69) is 31.9 Å². The minimum Gasteiger partial charge on any atom is -0.481 e. The number of hydrogen-bond acceptors (Lipinski definition) is 13. The number of amides is 4. The maximum Gasteiger partial charge on any atom is 0.326 e. The van der Waals surface area contributed by atoms with Crippen LogP contribution in [0.4, 0.5) is 4.79 Å². The first-order valence-electron chi connectivity index (χ1n) is 21.2. The molecule has 1 fully saturated rings. The second kappa shape index (κ2) is 30.8. The van der Waals surface area contributed by atoms with E-state index in [4.69, 9.17) is 5.11 Å². The highest BCUT2D eigenvalue weighted by Crippen LogP contribution is 2.15. The molecule has 358 valence electrons. The van der Waals surface area contributed by atoms with Crippen molar-refractivity contribution in [3.8, 4) is 0 Å². The molecule has 1 heterocycles. The number of aldehydes is 1. The topological polar surface area (TPSA) is 307 Å². The lowest BCUT2D eigenvalue weighted by molar-refractivity contribution is -0.140. The van der Waals surface area contributed by atoms with Crippen LogP contribution >= 0.6 is 15.9 Å². The smallest absolute Gasteiger partial charge is 0.326 e. The third kappa shape index (κ3) is 25.2. The summed E-state index contributed by atoms with van der Waals surface area (Å²) in [4.78, 5) is 116. The zero-order valence-corrected chi connectivity index (χ0v) is 37.6. The van der Waals surface area contributed by atoms with Gasteiger partial charge in [-0.1, -0.05) is 34.5 Å². The maximum atomic E-state index is 13.5. The highest BCUT2D eigenvalue weighted by atomic mass is 79.9. The number of hydrogen-bond donors (Lipinski definition) is 8. The Labute approximate surface area is 380 Å². The van der Waals surface area contributed by atoms with Crippen molar-refractivity contribution in [2.45, 2.75) is 76.4 Å². The predicted molar refractivity (Wildman–Crippen MR) is 233 cm³/mol. The summed E-state index contributed by atoms with van der Waals surface area (Å²) < 4.78 is 0.870. The van der Waals surface area contributed by atoms with Crippen molar-refractivity contribution in [3.05, 3.63) is 34.3 Å². The maximum absolute atomic E-state index is 13.5. The van der Waals surface area contributed by atoms with E-state index in [0.29, 0.717) is 71.1 Å². The number of halogens is 1. The second-order valence-corrected chi connectivity index (χ2v) is 16.5. The van der Waals surface area contributed by atoms with Gasteiger partial charge in [-0.25, -0.2) is 9.59 Å². The van der Waals surface area contributed by atoms with Gasteiger partial charge in [-0.05, 0) is 56.2 Å². The molecule has 0 aliphatic carbocycles. The Morgan fingerprint density at radius 1 is 0.625 bits per heavy atom. The van der Waals surface area contributed by atoms with Gasteiger partial charge in [0.15, 0.2) is 0 Å². The SMILES string of the molecule is O=CC(CCC(=O)O)NC(=O)NC(CCCCN(Cc1ccc(Br)cc1)C(=O)CCCCCNC(=O)CN1CCN(CC(=O)O)CCN(CC(=O)O)CCN(CC(=O)O)CC1)C(=O)O. The van der Waals surface area contributed by atoms with Gasteiger partial charge in [-0.3, -0.25) is 48.4 Å². The Balaban J connectivity index is 1.91. The number of carboxylic acids is 5. The van der Waals surface area contributed by atoms with Crippen molar-refractivity contribution in [1.82, 2.24) is 40.4 Å². The lowest BCUT2D eigenvalue weighted by Gasteiger charge is -2.32. The number of aliphatic carboxylic acids is 5. The van der Waals surface area contributed by atoms with Gasteiger partial charge in [0.2, 0.25) is 11.8 Å². The third-order valence-electron chi connectivity index (χ3n) is 10.3. The molecule has 1 saturated heterocycles. The summed E-state index contributed by atoms with van der Waals surface area (Å²) in [6.07, 6.45) is 2.64. The zero-order chi connectivity index (χ0) is 47.4. The number of nitrogens with zero attached hydrogens (tertiary/aromatic N) is 5. The molecule has 0 aromatic heterocycles. The van der Waals surface area contributed by atoms with Crippen molar-refractivity contribution in [2.75, 3.05) is 91.6 Å². The van der Waals surface area contributed by atoms with Crippen molar-refractivity contribution in [3.63, 3.8) is 0 Å². The summed E-state index contributed by atoms with van der Waals surface area (Å²) >= 11 is 3.41. The first kappa shape index (κ1) is 54.9. The number of unbranched alkanes of at least 4 members (excludes halogenated alkanes) is 3. The number of benzene rings is 1. The van der Waals surface area contributed by atoms with Crippen molar-refractivity contribution < 1.29 is 68.7 Å². The number of urea groups is 1. The molecule has 2 rings (SSSR count). The summed E-state index contributed by atoms with van der Waals surface area (Å²) in [5.41, 5.74) is 0.887. The Bertz CT molecular complexity index is 1660. The molecule has 2 atom stereocenters. The first-order chi connectivity index (χ1) is 30.4. The van der Waals surface area contributed by atoms with Gasteiger partial charge in [0.25, 0.3) is 0 Å². The van der Waals surface area contributed by atoms with Gasteiger partial charge in [-0.15, -0.1) is 0 Å². The van der Waals surface area contributed by atoms with Crippen LogP contribution in [0.3, 0.4) is 0 Å². The summed E-state index contributed by atoms with van der Waals surface area (Å²) in [5, 5.41) is 54.3. The highest BCUT2D eigenvalue weighted by Gasteiger charge is 2.24. The normalized spacial score (nSPS) is 15.6. The van der Waals surface area contributed by atoms with E-state index >= 15 is 0 Å². The third-order valence-corrected chi connectivity index (χ3v) is 10.9. The minimum atomic E-state index is -1.29. The Morgan fingerprint density at radius 3 is 1.61 bits per heavy atom. The molecule has 0 bridgehead atoms. The zero-order valence-electron chi connectivity index (χ0n) is 36.0. The summed E-state index contributed by atoms with van der Waals surface area (Å²) in [5.74, 6) is -5.96. The Kier molecular flexibility index (Phi) is 26.4. The molecule has 64 heavy (non-hydrogen) atoms. The van der Waals surface area contributed by atoms with Crippen LogP contribution in [0.15, 0.2) is 28.7 Å². The van der Waals surface area contributed by atoms with E-state index in [9.17, 15) is 63.6 Å². The molecule has 1 aliphatic rings. The van der Waals surface area contributed by atoms with Crippen LogP contribution in [0.5, 0.6) is 0 Å². The van der Waals surface area contributed by atoms with Crippen molar-refractivity contribution >= 4 is 69.9 Å². The standard InChI is InChI=1S/C41H63BrN8O14/c42-31-10-8-30(9-11-31)24-50(15-5-3-6-33(40(62)63)45-41(64)44-32(29-51)12-13-36(54)55)35(53)7-2-1-4-14-43-34(52)25-46-16-18-47(26-37(56)57)20-22-49(28-39(60)61)23-21-48(19-17-46)27-38(58)59/h8-11,29,32-33H,1-7,12-28H2,(H,43,52)(H,54,55)(H,56,57)(H,58,59)(H,60,61)(H,62,63)(H2,44,45,64). The quantitative estimate of drug-likeness (QED) is 0.0413. The molecule has 2 unspecified atom stereocenters. The van der Waals surface area contributed by atoms with Crippen LogP contribution in [-0.4, -0.2) is 208 Å². The fourth-order valence-corrected chi connectivity index (χ4v) is 7.10. The van der Waals surface area contributed by atoms with Gasteiger partial charge >= 0.3 is 35.9 Å². The van der Waals surface area contributed by atoms with Gasteiger partial charge < -0.3 is 51.2 Å².